The maximum atomic E-state index is 11.5. The lowest BCUT2D eigenvalue weighted by Crippen LogP contribution is -2.38. The number of aromatic nitrogens is 2. The Morgan fingerprint density at radius 1 is 1.60 bits per heavy atom. The Balaban J connectivity index is 1.72. The summed E-state index contributed by atoms with van der Waals surface area (Å²) in [4.78, 5) is 22.3. The van der Waals surface area contributed by atoms with Crippen LogP contribution in [-0.2, 0) is 11.3 Å². The summed E-state index contributed by atoms with van der Waals surface area (Å²) in [5.41, 5.74) is 0.605. The van der Waals surface area contributed by atoms with E-state index in [-0.39, 0.29) is 11.7 Å². The van der Waals surface area contributed by atoms with Crippen molar-refractivity contribution in [3.8, 4) is 0 Å². The number of rotatable bonds is 3. The van der Waals surface area contributed by atoms with Crippen molar-refractivity contribution in [3.05, 3.63) is 50.3 Å². The molecule has 0 spiro atoms. The lowest BCUT2D eigenvalue weighted by molar-refractivity contribution is -0.0348. The van der Waals surface area contributed by atoms with E-state index < -0.39 is 0 Å². The zero-order valence-corrected chi connectivity index (χ0v) is 12.2. The molecule has 1 atom stereocenters. The minimum Gasteiger partial charge on any atom is -0.369 e. The number of H-pyrrole nitrogens is 1. The van der Waals surface area contributed by atoms with Gasteiger partial charge in [-0.2, -0.15) is 0 Å². The molecule has 0 aliphatic carbocycles. The second-order valence-electron chi connectivity index (χ2n) is 4.93. The highest BCUT2D eigenvalue weighted by atomic mass is 32.1. The molecule has 3 heterocycles. The van der Waals surface area contributed by atoms with Crippen LogP contribution in [0.5, 0.6) is 0 Å². The van der Waals surface area contributed by atoms with Crippen molar-refractivity contribution in [1.29, 1.82) is 0 Å². The minimum atomic E-state index is -0.121. The maximum Gasteiger partial charge on any atom is 0.251 e. The van der Waals surface area contributed by atoms with E-state index in [1.807, 2.05) is 0 Å². The van der Waals surface area contributed by atoms with Crippen molar-refractivity contribution in [2.24, 2.45) is 0 Å². The molecule has 1 fully saturated rings. The van der Waals surface area contributed by atoms with Crippen molar-refractivity contribution < 1.29 is 4.74 Å². The molecule has 106 valence electrons. The Hall–Kier alpha value is -1.50. The number of aromatic amines is 1. The van der Waals surface area contributed by atoms with Crippen LogP contribution in [-0.4, -0.2) is 34.6 Å². The molecule has 1 N–H and O–H groups in total. The highest BCUT2D eigenvalue weighted by molar-refractivity contribution is 7.09. The summed E-state index contributed by atoms with van der Waals surface area (Å²) >= 11 is 1.77. The summed E-state index contributed by atoms with van der Waals surface area (Å²) in [6, 6.07) is 5.75. The van der Waals surface area contributed by atoms with Crippen molar-refractivity contribution >= 4 is 11.3 Å². The molecule has 1 aliphatic heterocycles. The molecule has 0 unspecified atom stereocenters. The first-order valence-corrected chi connectivity index (χ1v) is 7.53. The van der Waals surface area contributed by atoms with Gasteiger partial charge in [-0.1, -0.05) is 6.07 Å². The van der Waals surface area contributed by atoms with Gasteiger partial charge in [-0.3, -0.25) is 9.69 Å². The fourth-order valence-electron chi connectivity index (χ4n) is 2.42. The molecule has 5 nitrogen and oxygen atoms in total. The number of thiophene rings is 1. The highest BCUT2D eigenvalue weighted by Gasteiger charge is 2.23. The van der Waals surface area contributed by atoms with Gasteiger partial charge in [0, 0.05) is 30.6 Å². The van der Waals surface area contributed by atoms with Crippen LogP contribution in [0.3, 0.4) is 0 Å². The Morgan fingerprint density at radius 2 is 2.50 bits per heavy atom. The summed E-state index contributed by atoms with van der Waals surface area (Å²) in [7, 11) is 0. The van der Waals surface area contributed by atoms with E-state index in [0.717, 1.165) is 25.3 Å². The van der Waals surface area contributed by atoms with Crippen LogP contribution in [0.1, 0.15) is 22.5 Å². The van der Waals surface area contributed by atoms with E-state index in [2.05, 4.69) is 32.4 Å². The Kier molecular flexibility index (Phi) is 3.95. The quantitative estimate of drug-likeness (QED) is 0.935. The van der Waals surface area contributed by atoms with Crippen molar-refractivity contribution in [1.82, 2.24) is 14.9 Å². The molecule has 2 aromatic heterocycles. The van der Waals surface area contributed by atoms with Crippen LogP contribution < -0.4 is 5.56 Å². The number of ether oxygens (including phenoxy) is 1. The van der Waals surface area contributed by atoms with E-state index in [0.29, 0.717) is 12.4 Å². The Bertz CT molecular complexity index is 624. The zero-order valence-electron chi connectivity index (χ0n) is 11.3. The number of hydrogen-bond acceptors (Lipinski definition) is 5. The van der Waals surface area contributed by atoms with Gasteiger partial charge in [0.1, 0.15) is 11.9 Å². The molecule has 0 amide bonds. The average molecular weight is 291 g/mol. The molecule has 6 heteroatoms. The van der Waals surface area contributed by atoms with Gasteiger partial charge < -0.3 is 9.72 Å². The van der Waals surface area contributed by atoms with Gasteiger partial charge in [-0.05, 0) is 18.4 Å². The Labute approximate surface area is 121 Å². The summed E-state index contributed by atoms with van der Waals surface area (Å²) in [5.74, 6) is 0.631. The molecular formula is C14H17N3O2S. The zero-order chi connectivity index (χ0) is 13.9. The van der Waals surface area contributed by atoms with Gasteiger partial charge >= 0.3 is 0 Å². The summed E-state index contributed by atoms with van der Waals surface area (Å²) in [5, 5.41) is 2.09. The molecule has 0 bridgehead atoms. The molecule has 0 aromatic carbocycles. The van der Waals surface area contributed by atoms with Gasteiger partial charge in [-0.25, -0.2) is 4.98 Å². The number of hydrogen-bond donors (Lipinski definition) is 1. The van der Waals surface area contributed by atoms with Crippen LogP contribution in [0.25, 0.3) is 0 Å². The SMILES string of the molecule is Cc1nc([C@@H]2CN(Cc3cccs3)CCO2)cc(=O)[nH]1. The fourth-order valence-corrected chi connectivity index (χ4v) is 3.16. The number of morpholine rings is 1. The van der Waals surface area contributed by atoms with E-state index in [4.69, 9.17) is 4.74 Å². The van der Waals surface area contributed by atoms with Crippen LogP contribution in [0.15, 0.2) is 28.4 Å². The van der Waals surface area contributed by atoms with Crippen molar-refractivity contribution in [3.63, 3.8) is 0 Å². The van der Waals surface area contributed by atoms with E-state index in [1.54, 1.807) is 18.3 Å². The normalized spacial score (nSPS) is 20.1. The van der Waals surface area contributed by atoms with Crippen LogP contribution in [0.2, 0.25) is 0 Å². The molecule has 2 aromatic rings. The lowest BCUT2D eigenvalue weighted by Gasteiger charge is -2.32. The van der Waals surface area contributed by atoms with Crippen molar-refractivity contribution in [2.45, 2.75) is 19.6 Å². The summed E-state index contributed by atoms with van der Waals surface area (Å²) < 4.78 is 5.77. The Morgan fingerprint density at radius 3 is 3.25 bits per heavy atom. The second kappa shape index (κ2) is 5.87. The fraction of sp³-hybridized carbons (Fsp3) is 0.429. The first kappa shape index (κ1) is 13.5. The maximum absolute atomic E-state index is 11.5. The van der Waals surface area contributed by atoms with Gasteiger partial charge in [0.25, 0.3) is 5.56 Å². The smallest absolute Gasteiger partial charge is 0.251 e. The highest BCUT2D eigenvalue weighted by Crippen LogP contribution is 2.22. The third-order valence-corrected chi connectivity index (χ3v) is 4.18. The number of nitrogens with zero attached hydrogens (tertiary/aromatic N) is 2. The van der Waals surface area contributed by atoms with Gasteiger partial charge in [0.05, 0.1) is 12.3 Å². The van der Waals surface area contributed by atoms with Crippen LogP contribution >= 0.6 is 11.3 Å². The first-order chi connectivity index (χ1) is 9.70. The van der Waals surface area contributed by atoms with Crippen LogP contribution in [0.4, 0.5) is 0 Å². The molecular weight excluding hydrogens is 274 g/mol. The number of aryl methyl sites for hydroxylation is 1. The molecule has 20 heavy (non-hydrogen) atoms. The first-order valence-electron chi connectivity index (χ1n) is 6.65. The van der Waals surface area contributed by atoms with Gasteiger partial charge in [0.15, 0.2) is 0 Å². The lowest BCUT2D eigenvalue weighted by atomic mass is 10.2. The van der Waals surface area contributed by atoms with E-state index >= 15 is 0 Å². The molecule has 1 saturated heterocycles. The monoisotopic (exact) mass is 291 g/mol. The average Bonchev–Trinajstić information content (AvgIpc) is 2.91. The molecule has 0 radical (unpaired) electrons. The minimum absolute atomic E-state index is 0.119. The van der Waals surface area contributed by atoms with Gasteiger partial charge in [-0.15, -0.1) is 11.3 Å². The van der Waals surface area contributed by atoms with Gasteiger partial charge in [0.2, 0.25) is 0 Å². The predicted octanol–water partition coefficient (Wildman–Crippen LogP) is 1.71. The second-order valence-corrected chi connectivity index (χ2v) is 5.96. The summed E-state index contributed by atoms with van der Waals surface area (Å²) in [6.07, 6.45) is -0.121. The van der Waals surface area contributed by atoms with E-state index in [1.165, 1.54) is 10.9 Å². The molecule has 1 aliphatic rings. The number of nitrogens with one attached hydrogen (secondary N) is 1. The predicted molar refractivity (Wildman–Crippen MR) is 77.9 cm³/mol. The largest absolute Gasteiger partial charge is 0.369 e. The third kappa shape index (κ3) is 3.15. The van der Waals surface area contributed by atoms with E-state index in [9.17, 15) is 4.79 Å². The molecule has 3 rings (SSSR count). The summed E-state index contributed by atoms with van der Waals surface area (Å²) in [6.45, 7) is 5.07. The molecule has 0 saturated carbocycles. The topological polar surface area (TPSA) is 58.2 Å². The standard InChI is InChI=1S/C14H17N3O2S/c1-10-15-12(7-14(18)16-10)13-9-17(4-5-19-13)8-11-3-2-6-20-11/h2-3,6-7,13H,4-5,8-9H2,1H3,(H,15,16,18)/t13-/m0/s1. The van der Waals surface area contributed by atoms with Crippen LogP contribution in [0, 0.1) is 6.92 Å². The third-order valence-electron chi connectivity index (χ3n) is 3.32. The van der Waals surface area contributed by atoms with Crippen molar-refractivity contribution in [2.75, 3.05) is 19.7 Å².